The lowest BCUT2D eigenvalue weighted by molar-refractivity contribution is 0.0640. The van der Waals surface area contributed by atoms with Crippen LogP contribution in [0.4, 0.5) is 9.18 Å². The van der Waals surface area contributed by atoms with E-state index in [1.165, 1.54) is 31.4 Å². The summed E-state index contributed by atoms with van der Waals surface area (Å²) in [5, 5.41) is 0.335. The summed E-state index contributed by atoms with van der Waals surface area (Å²) >= 11 is 0. The minimum atomic E-state index is -1.25. The number of carbonyl (C=O) groups is 2. The molecule has 0 unspecified atom stereocenters. The van der Waals surface area contributed by atoms with E-state index in [4.69, 9.17) is 19.6 Å². The highest BCUT2D eigenvalue weighted by atomic mass is 19.1. The van der Waals surface area contributed by atoms with Crippen LogP contribution >= 0.6 is 0 Å². The molecule has 28 heavy (non-hydrogen) atoms. The van der Waals surface area contributed by atoms with E-state index in [0.29, 0.717) is 28.0 Å². The first-order valence-corrected chi connectivity index (χ1v) is 8.39. The minimum Gasteiger partial charge on any atom is -0.493 e. The molecule has 2 aromatic carbocycles. The number of esters is 1. The van der Waals surface area contributed by atoms with Gasteiger partial charge in [0.05, 0.1) is 13.2 Å². The molecule has 1 aromatic heterocycles. The van der Waals surface area contributed by atoms with Crippen LogP contribution in [-0.4, -0.2) is 25.3 Å². The maximum atomic E-state index is 13.3. The number of furan rings is 1. The Bertz CT molecular complexity index is 1040. The Morgan fingerprint density at radius 1 is 1.11 bits per heavy atom. The first-order chi connectivity index (χ1) is 13.3. The summed E-state index contributed by atoms with van der Waals surface area (Å²) in [6.07, 6.45) is -1.41. The number of primary amides is 1. The highest BCUT2D eigenvalue weighted by Crippen LogP contribution is 2.40. The topological polar surface area (TPSA) is 101 Å². The van der Waals surface area contributed by atoms with Gasteiger partial charge in [0, 0.05) is 17.0 Å². The number of ether oxygens (including phenoxy) is 3. The Hall–Kier alpha value is -3.55. The van der Waals surface area contributed by atoms with E-state index in [2.05, 4.69) is 4.74 Å². The summed E-state index contributed by atoms with van der Waals surface area (Å²) in [5.74, 6) is -0.563. The molecule has 1 heterocycles. The summed E-state index contributed by atoms with van der Waals surface area (Å²) < 4.78 is 34.7. The Morgan fingerprint density at radius 2 is 1.79 bits per heavy atom. The zero-order chi connectivity index (χ0) is 20.4. The number of methoxy groups -OCH3 is 1. The van der Waals surface area contributed by atoms with Crippen LogP contribution in [0.2, 0.25) is 0 Å². The average Bonchev–Trinajstić information content (AvgIpc) is 2.98. The summed E-state index contributed by atoms with van der Waals surface area (Å²) in [6, 6.07) is 8.44. The van der Waals surface area contributed by atoms with E-state index >= 15 is 0 Å². The van der Waals surface area contributed by atoms with Crippen molar-refractivity contribution in [1.29, 1.82) is 0 Å². The van der Waals surface area contributed by atoms with Crippen molar-refractivity contribution in [3.63, 3.8) is 0 Å². The van der Waals surface area contributed by atoms with Gasteiger partial charge in [-0.15, -0.1) is 0 Å². The van der Waals surface area contributed by atoms with Crippen molar-refractivity contribution in [3.05, 3.63) is 47.8 Å². The van der Waals surface area contributed by atoms with Gasteiger partial charge in [0.1, 0.15) is 22.7 Å². The number of halogens is 1. The van der Waals surface area contributed by atoms with Gasteiger partial charge in [-0.3, -0.25) is 0 Å². The number of nitrogens with two attached hydrogens (primary N) is 1. The van der Waals surface area contributed by atoms with Crippen LogP contribution in [0.15, 0.2) is 40.8 Å². The van der Waals surface area contributed by atoms with Crippen LogP contribution in [0.1, 0.15) is 24.2 Å². The smallest absolute Gasteiger partial charge is 0.412 e. The molecule has 2 N–H and O–H groups in total. The summed E-state index contributed by atoms with van der Waals surface area (Å²) in [6.45, 7) is 3.68. The monoisotopic (exact) mass is 387 g/mol. The standard InChI is InChI=1S/C20H18FNO6/c1-10(2)26-16-8-13-14(9-15(16)25-3)27-18(11-4-6-12(21)7-5-11)17(13)19(23)28-20(22)24/h4-10H,1-3H3,(H2,22,24). The predicted molar refractivity (Wildman–Crippen MR) is 98.9 cm³/mol. The maximum absolute atomic E-state index is 13.3. The molecular formula is C20H18FNO6. The molecule has 0 atom stereocenters. The second-order valence-electron chi connectivity index (χ2n) is 6.19. The van der Waals surface area contributed by atoms with Crippen molar-refractivity contribution in [2.45, 2.75) is 20.0 Å². The lowest BCUT2D eigenvalue weighted by atomic mass is 10.1. The van der Waals surface area contributed by atoms with Crippen molar-refractivity contribution in [3.8, 4) is 22.8 Å². The number of amides is 1. The van der Waals surface area contributed by atoms with Crippen LogP contribution in [-0.2, 0) is 4.74 Å². The molecular weight excluding hydrogens is 369 g/mol. The molecule has 1 amide bonds. The molecule has 0 radical (unpaired) electrons. The lowest BCUT2D eigenvalue weighted by Crippen LogP contribution is -2.18. The van der Waals surface area contributed by atoms with Crippen LogP contribution < -0.4 is 15.2 Å². The molecule has 7 nitrogen and oxygen atoms in total. The van der Waals surface area contributed by atoms with Gasteiger partial charge in [0.15, 0.2) is 11.5 Å². The fourth-order valence-electron chi connectivity index (χ4n) is 2.76. The largest absolute Gasteiger partial charge is 0.493 e. The van der Waals surface area contributed by atoms with Gasteiger partial charge in [-0.2, -0.15) is 0 Å². The summed E-state index contributed by atoms with van der Waals surface area (Å²) in [5.41, 5.74) is 5.67. The second kappa shape index (κ2) is 7.59. The fraction of sp³-hybridized carbons (Fsp3) is 0.200. The minimum absolute atomic E-state index is 0.0309. The van der Waals surface area contributed by atoms with Crippen molar-refractivity contribution in [1.82, 2.24) is 0 Å². The lowest BCUT2D eigenvalue weighted by Gasteiger charge is -2.13. The highest BCUT2D eigenvalue weighted by molar-refractivity contribution is 6.11. The predicted octanol–water partition coefficient (Wildman–Crippen LogP) is 4.27. The fourth-order valence-corrected chi connectivity index (χ4v) is 2.76. The number of hydrogen-bond donors (Lipinski definition) is 1. The SMILES string of the molecule is COc1cc2oc(-c3ccc(F)cc3)c(C(=O)OC(N)=O)c2cc1OC(C)C. The van der Waals surface area contributed by atoms with Gasteiger partial charge >= 0.3 is 12.1 Å². The molecule has 0 bridgehead atoms. The molecule has 3 aromatic rings. The third kappa shape index (κ3) is 3.75. The van der Waals surface area contributed by atoms with Crippen LogP contribution in [0.25, 0.3) is 22.3 Å². The number of carbonyl (C=O) groups excluding carboxylic acids is 2. The number of rotatable bonds is 5. The summed E-state index contributed by atoms with van der Waals surface area (Å²) in [4.78, 5) is 23.7. The van der Waals surface area contributed by atoms with E-state index in [1.807, 2.05) is 13.8 Å². The third-order valence-corrected chi connectivity index (χ3v) is 3.84. The van der Waals surface area contributed by atoms with E-state index in [1.54, 1.807) is 12.1 Å². The van der Waals surface area contributed by atoms with Crippen molar-refractivity contribution >= 4 is 23.0 Å². The zero-order valence-corrected chi connectivity index (χ0v) is 15.4. The third-order valence-electron chi connectivity index (χ3n) is 3.84. The van der Waals surface area contributed by atoms with Crippen molar-refractivity contribution < 1.29 is 32.6 Å². The van der Waals surface area contributed by atoms with Crippen LogP contribution in [0.5, 0.6) is 11.5 Å². The highest BCUT2D eigenvalue weighted by Gasteiger charge is 2.26. The molecule has 0 aliphatic heterocycles. The molecule has 0 fully saturated rings. The Balaban J connectivity index is 2.27. The molecule has 146 valence electrons. The second-order valence-corrected chi connectivity index (χ2v) is 6.19. The Morgan fingerprint density at radius 3 is 2.36 bits per heavy atom. The van der Waals surface area contributed by atoms with Gasteiger partial charge in [0.2, 0.25) is 0 Å². The number of benzene rings is 2. The van der Waals surface area contributed by atoms with Gasteiger partial charge in [0.25, 0.3) is 0 Å². The van der Waals surface area contributed by atoms with Crippen LogP contribution in [0, 0.1) is 5.82 Å². The molecule has 0 aliphatic rings. The molecule has 0 saturated carbocycles. The van der Waals surface area contributed by atoms with Gasteiger partial charge < -0.3 is 24.4 Å². The van der Waals surface area contributed by atoms with Crippen molar-refractivity contribution in [2.24, 2.45) is 5.73 Å². The van der Waals surface area contributed by atoms with Gasteiger partial charge in [-0.25, -0.2) is 14.0 Å². The molecule has 8 heteroatoms. The van der Waals surface area contributed by atoms with E-state index in [-0.39, 0.29) is 17.4 Å². The average molecular weight is 387 g/mol. The Labute approximate surface area is 159 Å². The number of hydrogen-bond acceptors (Lipinski definition) is 6. The van der Waals surface area contributed by atoms with Crippen LogP contribution in [0.3, 0.4) is 0 Å². The van der Waals surface area contributed by atoms with E-state index < -0.39 is 17.9 Å². The quantitative estimate of drug-likeness (QED) is 0.518. The van der Waals surface area contributed by atoms with E-state index in [9.17, 15) is 14.0 Å². The van der Waals surface area contributed by atoms with Crippen molar-refractivity contribution in [2.75, 3.05) is 7.11 Å². The molecule has 0 aliphatic carbocycles. The number of fused-ring (bicyclic) bond motifs is 1. The summed E-state index contributed by atoms with van der Waals surface area (Å²) in [7, 11) is 1.47. The molecule has 0 spiro atoms. The maximum Gasteiger partial charge on any atom is 0.412 e. The first-order valence-electron chi connectivity index (χ1n) is 8.39. The Kier molecular flexibility index (Phi) is 5.21. The van der Waals surface area contributed by atoms with Gasteiger partial charge in [-0.05, 0) is 44.2 Å². The first kappa shape index (κ1) is 19.2. The zero-order valence-electron chi connectivity index (χ0n) is 15.4. The van der Waals surface area contributed by atoms with Gasteiger partial charge in [-0.1, -0.05) is 0 Å². The normalized spacial score (nSPS) is 10.9. The molecule has 0 saturated heterocycles. The molecule has 3 rings (SSSR count). The van der Waals surface area contributed by atoms with E-state index in [0.717, 1.165) is 0 Å².